The average molecular weight is 436 g/mol. The normalized spacial score (nSPS) is 16.7. The third-order valence-electron chi connectivity index (χ3n) is 6.02. The topological polar surface area (TPSA) is 109 Å². The SMILES string of the molecule is O=C(O)C(Cn1cncn1)NC1(N(Cc2ccccn2)Cc2ccccn2)CCCCC1. The predicted molar refractivity (Wildman–Crippen MR) is 118 cm³/mol. The maximum absolute atomic E-state index is 12.2. The van der Waals surface area contributed by atoms with Crippen molar-refractivity contribution in [2.75, 3.05) is 0 Å². The number of pyridine rings is 2. The lowest BCUT2D eigenvalue weighted by Gasteiger charge is -2.48. The van der Waals surface area contributed by atoms with Gasteiger partial charge in [0.2, 0.25) is 0 Å². The van der Waals surface area contributed by atoms with Gasteiger partial charge in [-0.15, -0.1) is 0 Å². The van der Waals surface area contributed by atoms with Gasteiger partial charge in [0.25, 0.3) is 0 Å². The molecule has 1 fully saturated rings. The van der Waals surface area contributed by atoms with Crippen LogP contribution in [0.5, 0.6) is 0 Å². The molecule has 0 radical (unpaired) electrons. The van der Waals surface area contributed by atoms with Crippen molar-refractivity contribution in [3.05, 3.63) is 72.8 Å². The van der Waals surface area contributed by atoms with Gasteiger partial charge < -0.3 is 5.11 Å². The second kappa shape index (κ2) is 10.4. The van der Waals surface area contributed by atoms with Gasteiger partial charge in [-0.1, -0.05) is 31.4 Å². The van der Waals surface area contributed by atoms with Crippen LogP contribution in [0.2, 0.25) is 0 Å². The molecule has 9 nitrogen and oxygen atoms in total. The Hall–Kier alpha value is -3.17. The van der Waals surface area contributed by atoms with Crippen LogP contribution < -0.4 is 5.32 Å². The number of hydrogen-bond donors (Lipinski definition) is 2. The fourth-order valence-corrected chi connectivity index (χ4v) is 4.45. The maximum atomic E-state index is 12.2. The van der Waals surface area contributed by atoms with E-state index in [9.17, 15) is 9.90 Å². The number of carboxylic acid groups (broad SMARTS) is 1. The quantitative estimate of drug-likeness (QED) is 0.468. The number of aromatic nitrogens is 5. The van der Waals surface area contributed by atoms with Crippen LogP contribution in [0.4, 0.5) is 0 Å². The van der Waals surface area contributed by atoms with Crippen molar-refractivity contribution in [3.8, 4) is 0 Å². The van der Waals surface area contributed by atoms with Crippen molar-refractivity contribution in [3.63, 3.8) is 0 Å². The molecule has 4 rings (SSSR count). The summed E-state index contributed by atoms with van der Waals surface area (Å²) in [5.41, 5.74) is 1.40. The van der Waals surface area contributed by atoms with Gasteiger partial charge in [0, 0.05) is 25.5 Å². The summed E-state index contributed by atoms with van der Waals surface area (Å²) in [6.07, 6.45) is 11.5. The van der Waals surface area contributed by atoms with Crippen LogP contribution in [-0.4, -0.2) is 52.4 Å². The first-order chi connectivity index (χ1) is 15.6. The molecule has 0 bridgehead atoms. The van der Waals surface area contributed by atoms with Gasteiger partial charge in [0.05, 0.1) is 23.6 Å². The number of rotatable bonds is 10. The third kappa shape index (κ3) is 5.54. The summed E-state index contributed by atoms with van der Waals surface area (Å²) < 4.78 is 1.56. The van der Waals surface area contributed by atoms with E-state index < -0.39 is 17.7 Å². The lowest BCUT2D eigenvalue weighted by molar-refractivity contribution is -0.142. The highest BCUT2D eigenvalue weighted by Gasteiger charge is 2.41. The van der Waals surface area contributed by atoms with Gasteiger partial charge in [0.1, 0.15) is 18.7 Å². The van der Waals surface area contributed by atoms with Crippen LogP contribution in [0.25, 0.3) is 0 Å². The minimum atomic E-state index is -0.902. The lowest BCUT2D eigenvalue weighted by atomic mass is 9.86. The fraction of sp³-hybridized carbons (Fsp3) is 0.435. The Morgan fingerprint density at radius 2 is 1.72 bits per heavy atom. The van der Waals surface area contributed by atoms with Crippen LogP contribution in [0.3, 0.4) is 0 Å². The second-order valence-corrected chi connectivity index (χ2v) is 8.24. The molecule has 0 spiro atoms. The van der Waals surface area contributed by atoms with Crippen LogP contribution >= 0.6 is 0 Å². The van der Waals surface area contributed by atoms with Crippen molar-refractivity contribution in [2.45, 2.75) is 63.4 Å². The zero-order valence-electron chi connectivity index (χ0n) is 18.0. The van der Waals surface area contributed by atoms with Gasteiger partial charge >= 0.3 is 5.97 Å². The summed E-state index contributed by atoms with van der Waals surface area (Å²) in [4.78, 5) is 27.5. The van der Waals surface area contributed by atoms with E-state index in [1.54, 1.807) is 23.4 Å². The van der Waals surface area contributed by atoms with Crippen molar-refractivity contribution < 1.29 is 9.90 Å². The number of nitrogens with one attached hydrogen (secondary N) is 1. The fourth-order valence-electron chi connectivity index (χ4n) is 4.45. The third-order valence-corrected chi connectivity index (χ3v) is 6.02. The van der Waals surface area contributed by atoms with Crippen LogP contribution in [-0.2, 0) is 24.4 Å². The summed E-state index contributed by atoms with van der Waals surface area (Å²) >= 11 is 0. The van der Waals surface area contributed by atoms with Gasteiger partial charge in [-0.2, -0.15) is 5.10 Å². The molecule has 0 saturated heterocycles. The zero-order chi connectivity index (χ0) is 22.2. The summed E-state index contributed by atoms with van der Waals surface area (Å²) in [6.45, 7) is 1.40. The average Bonchev–Trinajstić information content (AvgIpc) is 3.33. The highest BCUT2D eigenvalue weighted by atomic mass is 16.4. The van der Waals surface area contributed by atoms with E-state index in [1.807, 2.05) is 36.4 Å². The van der Waals surface area contributed by atoms with Crippen LogP contribution in [0.15, 0.2) is 61.4 Å². The standard InChI is InChI=1S/C23H29N7O2/c31-22(32)21(16-30-18-24-17-27-30)28-23(10-4-1-5-11-23)29(14-19-8-2-6-12-25-19)15-20-9-3-7-13-26-20/h2-3,6-9,12-13,17-18,21,28H,1,4-5,10-11,14-16H2,(H,31,32). The molecule has 2 N–H and O–H groups in total. The second-order valence-electron chi connectivity index (χ2n) is 8.24. The maximum Gasteiger partial charge on any atom is 0.322 e. The van der Waals surface area contributed by atoms with E-state index in [2.05, 4.69) is 30.3 Å². The molecule has 0 aromatic carbocycles. The summed E-state index contributed by atoms with van der Waals surface area (Å²) in [7, 11) is 0. The first kappa shape index (κ1) is 22.0. The number of nitrogens with zero attached hydrogens (tertiary/aromatic N) is 6. The van der Waals surface area contributed by atoms with E-state index in [1.165, 1.54) is 6.33 Å². The molecule has 1 aliphatic carbocycles. The Kier molecular flexibility index (Phi) is 7.18. The van der Waals surface area contributed by atoms with Crippen LogP contribution in [0, 0.1) is 0 Å². The molecule has 0 amide bonds. The highest BCUT2D eigenvalue weighted by Crippen LogP contribution is 2.34. The minimum absolute atomic E-state index is 0.206. The molecule has 3 heterocycles. The Morgan fingerprint density at radius 3 is 2.22 bits per heavy atom. The molecule has 3 aromatic rings. The number of carboxylic acids is 1. The lowest BCUT2D eigenvalue weighted by Crippen LogP contribution is -2.64. The van der Waals surface area contributed by atoms with Gasteiger partial charge in [0.15, 0.2) is 0 Å². The number of carbonyl (C=O) groups is 1. The van der Waals surface area contributed by atoms with Crippen LogP contribution in [0.1, 0.15) is 43.5 Å². The molecule has 1 aliphatic rings. The highest BCUT2D eigenvalue weighted by molar-refractivity contribution is 5.73. The predicted octanol–water partition coefficient (Wildman–Crippen LogP) is 2.47. The van der Waals surface area contributed by atoms with Gasteiger partial charge in [-0.05, 0) is 37.1 Å². The monoisotopic (exact) mass is 435 g/mol. The zero-order valence-corrected chi connectivity index (χ0v) is 18.0. The molecule has 168 valence electrons. The number of aliphatic carboxylic acids is 1. The van der Waals surface area contributed by atoms with E-state index >= 15 is 0 Å². The van der Waals surface area contributed by atoms with Crippen molar-refractivity contribution >= 4 is 5.97 Å². The summed E-state index contributed by atoms with van der Waals surface area (Å²) in [5.74, 6) is -0.902. The summed E-state index contributed by atoms with van der Waals surface area (Å²) in [5, 5.41) is 17.6. The summed E-state index contributed by atoms with van der Waals surface area (Å²) in [6, 6.07) is 11.0. The van der Waals surface area contributed by atoms with E-state index in [4.69, 9.17) is 0 Å². The first-order valence-electron chi connectivity index (χ1n) is 11.0. The van der Waals surface area contributed by atoms with Gasteiger partial charge in [-0.25, -0.2) is 4.98 Å². The molecule has 0 aliphatic heterocycles. The van der Waals surface area contributed by atoms with E-state index in [0.29, 0.717) is 13.1 Å². The van der Waals surface area contributed by atoms with Gasteiger partial charge in [-0.3, -0.25) is 29.7 Å². The van der Waals surface area contributed by atoms with Crippen molar-refractivity contribution in [2.24, 2.45) is 0 Å². The molecule has 1 unspecified atom stereocenters. The number of hydrogen-bond acceptors (Lipinski definition) is 7. The molecular weight excluding hydrogens is 406 g/mol. The molecule has 32 heavy (non-hydrogen) atoms. The minimum Gasteiger partial charge on any atom is -0.480 e. The molecular formula is C23H29N7O2. The largest absolute Gasteiger partial charge is 0.480 e. The Labute approximate surface area is 187 Å². The molecule has 9 heteroatoms. The Balaban J connectivity index is 1.65. The van der Waals surface area contributed by atoms with E-state index in [0.717, 1.165) is 43.5 Å². The molecule has 1 saturated carbocycles. The first-order valence-corrected chi connectivity index (χ1v) is 11.0. The Morgan fingerprint density at radius 1 is 1.06 bits per heavy atom. The Bertz CT molecular complexity index is 919. The van der Waals surface area contributed by atoms with E-state index in [-0.39, 0.29) is 6.54 Å². The molecule has 1 atom stereocenters. The smallest absolute Gasteiger partial charge is 0.322 e. The molecule has 3 aromatic heterocycles. The van der Waals surface area contributed by atoms with Crippen molar-refractivity contribution in [1.29, 1.82) is 0 Å². The van der Waals surface area contributed by atoms with Crippen molar-refractivity contribution in [1.82, 2.24) is 34.9 Å².